The van der Waals surface area contributed by atoms with Crippen LogP contribution in [-0.4, -0.2) is 21.2 Å². The summed E-state index contributed by atoms with van der Waals surface area (Å²) < 4.78 is 78.7. The molecule has 0 radical (unpaired) electrons. The van der Waals surface area contributed by atoms with Gasteiger partial charge in [0.2, 0.25) is 6.43 Å². The summed E-state index contributed by atoms with van der Waals surface area (Å²) in [6.45, 7) is 0. The molecule has 1 aliphatic carbocycles. The predicted octanol–water partition coefficient (Wildman–Crippen LogP) is 3.46. The summed E-state index contributed by atoms with van der Waals surface area (Å²) in [6.07, 6.45) is -5.26. The second kappa shape index (κ2) is 4.72. The van der Waals surface area contributed by atoms with E-state index in [0.29, 0.717) is 12.1 Å². The van der Waals surface area contributed by atoms with E-state index < -0.39 is 35.4 Å². The van der Waals surface area contributed by atoms with E-state index in [1.807, 2.05) is 0 Å². The van der Waals surface area contributed by atoms with Crippen LogP contribution in [-0.2, 0) is 11.7 Å². The van der Waals surface area contributed by atoms with Gasteiger partial charge in [0, 0.05) is 0 Å². The highest BCUT2D eigenvalue weighted by Gasteiger charge is 2.62. The topological polar surface area (TPSA) is 30.7 Å². The molecule has 0 amide bonds. The lowest BCUT2D eigenvalue weighted by Gasteiger charge is -2.19. The van der Waals surface area contributed by atoms with Gasteiger partial charge >= 0.3 is 6.18 Å². The number of hydrogen-bond acceptors (Lipinski definition) is 2. The third-order valence-electron chi connectivity index (χ3n) is 3.89. The van der Waals surface area contributed by atoms with E-state index in [4.69, 9.17) is 0 Å². The summed E-state index contributed by atoms with van der Waals surface area (Å²) >= 11 is 0. The molecule has 1 aliphatic rings. The largest absolute Gasteiger partial charge is 0.419 e. The van der Waals surface area contributed by atoms with Gasteiger partial charge < -0.3 is 0 Å². The number of aromatic nitrogens is 3. The Morgan fingerprint density at radius 1 is 1.27 bits per heavy atom. The van der Waals surface area contributed by atoms with E-state index in [1.54, 1.807) is 0 Å². The average molecular weight is 321 g/mol. The molecular weight excluding hydrogens is 312 g/mol. The molecule has 2 unspecified atom stereocenters. The van der Waals surface area contributed by atoms with E-state index in [-0.39, 0.29) is 12.0 Å². The molecule has 1 heterocycles. The molecule has 1 fully saturated rings. The van der Waals surface area contributed by atoms with Crippen molar-refractivity contribution in [1.82, 2.24) is 14.8 Å². The molecule has 2 atom stereocenters. The van der Waals surface area contributed by atoms with E-state index in [0.717, 1.165) is 17.1 Å². The highest BCUT2D eigenvalue weighted by molar-refractivity contribution is 5.37. The Kier molecular flexibility index (Phi) is 3.19. The van der Waals surface area contributed by atoms with Gasteiger partial charge in [0.1, 0.15) is 18.5 Å². The molecule has 2 aromatic rings. The number of halogens is 6. The molecule has 1 aromatic carbocycles. The van der Waals surface area contributed by atoms with Gasteiger partial charge in [0.15, 0.2) is 0 Å². The van der Waals surface area contributed by atoms with Crippen LogP contribution in [0, 0.1) is 11.7 Å². The predicted molar refractivity (Wildman–Crippen MR) is 62.6 cm³/mol. The number of nitrogens with zero attached hydrogens (tertiary/aromatic N) is 3. The van der Waals surface area contributed by atoms with E-state index >= 15 is 0 Å². The lowest BCUT2D eigenvalue weighted by Crippen LogP contribution is -2.25. The molecule has 22 heavy (non-hydrogen) atoms. The maximum atomic E-state index is 13.7. The van der Waals surface area contributed by atoms with Crippen molar-refractivity contribution in [1.29, 1.82) is 0 Å². The van der Waals surface area contributed by atoms with Crippen LogP contribution >= 0.6 is 0 Å². The third kappa shape index (κ3) is 2.15. The van der Waals surface area contributed by atoms with Crippen LogP contribution in [0.5, 0.6) is 0 Å². The van der Waals surface area contributed by atoms with Crippen LogP contribution in [0.15, 0.2) is 30.9 Å². The van der Waals surface area contributed by atoms with Gasteiger partial charge in [0.25, 0.3) is 0 Å². The Hall–Kier alpha value is -2.06. The number of hydrogen-bond donors (Lipinski definition) is 0. The van der Waals surface area contributed by atoms with Gasteiger partial charge in [-0.05, 0) is 24.1 Å². The number of rotatable bonds is 3. The first-order valence-electron chi connectivity index (χ1n) is 6.27. The van der Waals surface area contributed by atoms with Gasteiger partial charge in [0.05, 0.1) is 17.0 Å². The van der Waals surface area contributed by atoms with Crippen molar-refractivity contribution in [3.05, 3.63) is 47.8 Å². The van der Waals surface area contributed by atoms with Crippen LogP contribution in [0.4, 0.5) is 26.3 Å². The second-order valence-corrected chi connectivity index (χ2v) is 5.10. The molecule has 3 nitrogen and oxygen atoms in total. The summed E-state index contributed by atoms with van der Waals surface area (Å²) in [6, 6.07) is 2.22. The normalized spacial score (nSPS) is 24.8. The van der Waals surface area contributed by atoms with Crippen molar-refractivity contribution in [2.75, 3.05) is 0 Å². The van der Waals surface area contributed by atoms with E-state index in [2.05, 4.69) is 10.1 Å². The van der Waals surface area contributed by atoms with Crippen LogP contribution < -0.4 is 0 Å². The van der Waals surface area contributed by atoms with Crippen LogP contribution in [0.25, 0.3) is 0 Å². The third-order valence-corrected chi connectivity index (χ3v) is 3.89. The zero-order chi connectivity index (χ0) is 16.1. The zero-order valence-corrected chi connectivity index (χ0v) is 10.9. The van der Waals surface area contributed by atoms with Crippen molar-refractivity contribution in [2.24, 2.45) is 5.92 Å². The summed E-state index contributed by atoms with van der Waals surface area (Å²) in [5.74, 6) is -2.64. The lowest BCUT2D eigenvalue weighted by molar-refractivity contribution is -0.140. The quantitative estimate of drug-likeness (QED) is 0.811. The summed E-state index contributed by atoms with van der Waals surface area (Å²) in [4.78, 5) is 3.66. The maximum Gasteiger partial charge on any atom is 0.419 e. The van der Waals surface area contributed by atoms with Crippen molar-refractivity contribution >= 4 is 0 Å². The van der Waals surface area contributed by atoms with Crippen molar-refractivity contribution in [3.8, 4) is 0 Å². The number of benzene rings is 1. The summed E-state index contributed by atoms with van der Waals surface area (Å²) in [7, 11) is 0. The molecule has 1 saturated carbocycles. The molecule has 3 rings (SSSR count). The fourth-order valence-corrected chi connectivity index (χ4v) is 2.73. The molecule has 9 heteroatoms. The standard InChI is InChI=1S/C13H9F6N3/c14-10-3-7(1-2-8(10)13(17,18)19)12(4-9(12)11(15)16)22-6-20-5-21-22/h1-3,5-6,9,11H,4H2. The van der Waals surface area contributed by atoms with Crippen LogP contribution in [0.1, 0.15) is 17.5 Å². The fourth-order valence-electron chi connectivity index (χ4n) is 2.73. The van der Waals surface area contributed by atoms with Crippen molar-refractivity contribution in [2.45, 2.75) is 24.6 Å². The van der Waals surface area contributed by atoms with Gasteiger partial charge in [-0.2, -0.15) is 18.3 Å². The minimum absolute atomic E-state index is 0.0220. The molecule has 0 N–H and O–H groups in total. The molecular formula is C13H9F6N3. The monoisotopic (exact) mass is 321 g/mol. The van der Waals surface area contributed by atoms with Gasteiger partial charge in [-0.25, -0.2) is 22.8 Å². The Balaban J connectivity index is 2.07. The van der Waals surface area contributed by atoms with Crippen LogP contribution in [0.2, 0.25) is 0 Å². The smallest absolute Gasteiger partial charge is 0.242 e. The minimum atomic E-state index is -4.84. The molecule has 1 aromatic heterocycles. The second-order valence-electron chi connectivity index (χ2n) is 5.10. The molecule has 0 bridgehead atoms. The lowest BCUT2D eigenvalue weighted by atomic mass is 10.00. The highest BCUT2D eigenvalue weighted by atomic mass is 19.4. The number of alkyl halides is 5. The van der Waals surface area contributed by atoms with Gasteiger partial charge in [-0.15, -0.1) is 0 Å². The van der Waals surface area contributed by atoms with E-state index in [1.165, 1.54) is 6.33 Å². The van der Waals surface area contributed by atoms with Gasteiger partial charge in [-0.1, -0.05) is 6.07 Å². The first-order chi connectivity index (χ1) is 10.3. The Bertz CT molecular complexity index is 682. The summed E-state index contributed by atoms with van der Waals surface area (Å²) in [5, 5.41) is 3.79. The zero-order valence-electron chi connectivity index (χ0n) is 10.9. The van der Waals surface area contributed by atoms with Gasteiger partial charge in [-0.3, -0.25) is 0 Å². The Morgan fingerprint density at radius 3 is 2.45 bits per heavy atom. The minimum Gasteiger partial charge on any atom is -0.242 e. The van der Waals surface area contributed by atoms with Crippen molar-refractivity contribution in [3.63, 3.8) is 0 Å². The maximum absolute atomic E-state index is 13.7. The Labute approximate surface area is 120 Å². The molecule has 0 saturated heterocycles. The fraction of sp³-hybridized carbons (Fsp3) is 0.385. The average Bonchev–Trinajstić information content (AvgIpc) is 2.95. The summed E-state index contributed by atoms with van der Waals surface area (Å²) in [5.41, 5.74) is -2.76. The first kappa shape index (κ1) is 14.9. The SMILES string of the molecule is Fc1cc(C2(n3cncn3)CC2C(F)F)ccc1C(F)(F)F. The van der Waals surface area contributed by atoms with E-state index in [9.17, 15) is 26.3 Å². The van der Waals surface area contributed by atoms with Crippen LogP contribution in [0.3, 0.4) is 0 Å². The van der Waals surface area contributed by atoms with Crippen molar-refractivity contribution < 1.29 is 26.3 Å². The highest BCUT2D eigenvalue weighted by Crippen LogP contribution is 2.57. The Morgan fingerprint density at radius 2 is 2.00 bits per heavy atom. The first-order valence-corrected chi connectivity index (χ1v) is 6.27. The molecule has 0 aliphatic heterocycles. The molecule has 118 valence electrons. The molecule has 0 spiro atoms.